The van der Waals surface area contributed by atoms with E-state index in [0.717, 1.165) is 11.1 Å². The number of rotatable bonds is 12. The van der Waals surface area contributed by atoms with Gasteiger partial charge in [0.15, 0.2) is 11.2 Å². The normalized spacial score (nSPS) is 11.9. The first kappa shape index (κ1) is 27.9. The van der Waals surface area contributed by atoms with E-state index in [9.17, 15) is 9.59 Å². The van der Waals surface area contributed by atoms with E-state index < -0.39 is 23.1 Å². The Morgan fingerprint density at radius 1 is 0.714 bits per heavy atom. The van der Waals surface area contributed by atoms with Crippen LogP contribution in [-0.2, 0) is 24.5 Å². The van der Waals surface area contributed by atoms with Gasteiger partial charge < -0.3 is 18.9 Å². The molecule has 2 aromatic carbocycles. The summed E-state index contributed by atoms with van der Waals surface area (Å²) in [7, 11) is 0. The van der Waals surface area contributed by atoms with Crippen molar-refractivity contribution in [2.24, 2.45) is 0 Å². The number of benzene rings is 2. The van der Waals surface area contributed by atoms with Gasteiger partial charge in [0.2, 0.25) is 0 Å². The van der Waals surface area contributed by atoms with Crippen LogP contribution in [0.1, 0.15) is 52.7 Å². The van der Waals surface area contributed by atoms with E-state index in [2.05, 4.69) is 27.0 Å². The maximum Gasteiger partial charge on any atom is 0.350 e. The summed E-state index contributed by atoms with van der Waals surface area (Å²) in [6, 6.07) is 15.0. The molecule has 0 unspecified atom stereocenters. The van der Waals surface area contributed by atoms with E-state index in [4.69, 9.17) is 18.9 Å². The van der Waals surface area contributed by atoms with E-state index in [1.165, 1.54) is 6.08 Å². The summed E-state index contributed by atoms with van der Waals surface area (Å²) in [6.07, 6.45) is 3.10. The van der Waals surface area contributed by atoms with Crippen LogP contribution in [0.4, 0.5) is 0 Å². The summed E-state index contributed by atoms with van der Waals surface area (Å²) in [5, 5.41) is 0. The van der Waals surface area contributed by atoms with Gasteiger partial charge in [0.25, 0.3) is 0 Å². The van der Waals surface area contributed by atoms with E-state index >= 15 is 0 Å². The molecule has 0 aliphatic rings. The quantitative estimate of drug-likeness (QED) is 0.218. The summed E-state index contributed by atoms with van der Waals surface area (Å²) in [5.41, 5.74) is -0.431. The molecule has 0 aliphatic carbocycles. The molecule has 0 spiro atoms. The molecule has 6 heteroatoms. The van der Waals surface area contributed by atoms with Crippen LogP contribution in [0.25, 0.3) is 0 Å². The lowest BCUT2D eigenvalue weighted by Crippen LogP contribution is -2.39. The van der Waals surface area contributed by atoms with Gasteiger partial charge >= 0.3 is 11.9 Å². The van der Waals surface area contributed by atoms with Gasteiger partial charge in [-0.2, -0.15) is 0 Å². The van der Waals surface area contributed by atoms with Crippen LogP contribution in [0, 0.1) is 0 Å². The highest BCUT2D eigenvalue weighted by molar-refractivity contribution is 5.81. The Kier molecular flexibility index (Phi) is 9.05. The molecule has 0 amide bonds. The van der Waals surface area contributed by atoms with Crippen LogP contribution >= 0.6 is 0 Å². The van der Waals surface area contributed by atoms with Crippen molar-refractivity contribution in [2.45, 2.75) is 58.2 Å². The fourth-order valence-corrected chi connectivity index (χ4v) is 3.25. The van der Waals surface area contributed by atoms with Gasteiger partial charge in [-0.3, -0.25) is 0 Å². The average Bonchev–Trinajstić information content (AvgIpc) is 2.81. The van der Waals surface area contributed by atoms with Crippen LogP contribution in [0.15, 0.2) is 73.8 Å². The second-order valence-corrected chi connectivity index (χ2v) is 9.67. The maximum absolute atomic E-state index is 12.4. The van der Waals surface area contributed by atoms with Crippen LogP contribution in [0.5, 0.6) is 11.5 Å². The highest BCUT2D eigenvalue weighted by Gasteiger charge is 2.32. The van der Waals surface area contributed by atoms with Gasteiger partial charge in [-0.1, -0.05) is 56.8 Å². The van der Waals surface area contributed by atoms with Crippen molar-refractivity contribution in [1.82, 2.24) is 0 Å². The lowest BCUT2D eigenvalue weighted by Gasteiger charge is -2.28. The Bertz CT molecular complexity index is 1030. The molecule has 6 nitrogen and oxygen atoms in total. The molecule has 0 saturated heterocycles. The van der Waals surface area contributed by atoms with Gasteiger partial charge in [0, 0.05) is 5.41 Å². The molecule has 0 N–H and O–H groups in total. The molecule has 2 rings (SSSR count). The standard InChI is InChI=1S/C29H36O6/c1-9-19-32-25(30)29(7,8)35-24-17-13-22(14-18-24)27(3,4)21-11-15-23(16-12-21)34-26(31)28(5,6)33-20-10-2/h9-18H,1-2,19-20H2,3-8H3. The van der Waals surface area contributed by atoms with Crippen LogP contribution in [-0.4, -0.2) is 36.4 Å². The molecular weight excluding hydrogens is 444 g/mol. The molecule has 2 aromatic rings. The fraction of sp³-hybridized carbons (Fsp3) is 0.379. The molecule has 0 saturated carbocycles. The highest BCUT2D eigenvalue weighted by atomic mass is 16.6. The average molecular weight is 481 g/mol. The second kappa shape index (κ2) is 11.4. The van der Waals surface area contributed by atoms with Crippen molar-refractivity contribution < 1.29 is 28.5 Å². The third-order valence-electron chi connectivity index (χ3n) is 5.61. The molecule has 0 radical (unpaired) electrons. The number of esters is 2. The van der Waals surface area contributed by atoms with Crippen LogP contribution in [0.2, 0.25) is 0 Å². The molecule has 188 valence electrons. The Hall–Kier alpha value is -3.38. The Morgan fingerprint density at radius 2 is 1.20 bits per heavy atom. The van der Waals surface area contributed by atoms with Crippen LogP contribution in [0.3, 0.4) is 0 Å². The number of ether oxygens (including phenoxy) is 4. The minimum Gasteiger partial charge on any atom is -0.476 e. The monoisotopic (exact) mass is 480 g/mol. The smallest absolute Gasteiger partial charge is 0.350 e. The predicted octanol–water partition coefficient (Wildman–Crippen LogP) is 5.79. The SMILES string of the molecule is C=CCOC(=O)C(C)(C)Oc1ccc(C(C)(C)c2ccc(OC(=O)C(C)(C)OCC=C)cc2)cc1. The zero-order chi connectivity index (χ0) is 26.3. The van der Waals surface area contributed by atoms with Gasteiger partial charge in [-0.05, 0) is 63.1 Å². The van der Waals surface area contributed by atoms with Gasteiger partial charge in [-0.15, -0.1) is 6.58 Å². The first-order valence-electron chi connectivity index (χ1n) is 11.5. The molecule has 0 aromatic heterocycles. The van der Waals surface area contributed by atoms with Crippen molar-refractivity contribution >= 4 is 11.9 Å². The summed E-state index contributed by atoms with van der Waals surface area (Å²) < 4.78 is 22.0. The molecule has 0 heterocycles. The number of hydrogen-bond acceptors (Lipinski definition) is 6. The lowest BCUT2D eigenvalue weighted by molar-refractivity contribution is -0.158. The summed E-state index contributed by atoms with van der Waals surface area (Å²) in [6.45, 7) is 18.4. The minimum atomic E-state index is -1.13. The molecular formula is C29H36O6. The van der Waals surface area contributed by atoms with E-state index in [-0.39, 0.29) is 18.6 Å². The third kappa shape index (κ3) is 7.30. The summed E-state index contributed by atoms with van der Waals surface area (Å²) in [4.78, 5) is 24.6. The van der Waals surface area contributed by atoms with E-state index in [1.54, 1.807) is 45.9 Å². The summed E-state index contributed by atoms with van der Waals surface area (Å²) >= 11 is 0. The first-order valence-corrected chi connectivity index (χ1v) is 11.5. The van der Waals surface area contributed by atoms with Crippen molar-refractivity contribution in [3.63, 3.8) is 0 Å². The number of carbonyl (C=O) groups is 2. The van der Waals surface area contributed by atoms with Crippen LogP contribution < -0.4 is 9.47 Å². The second-order valence-electron chi connectivity index (χ2n) is 9.67. The highest BCUT2D eigenvalue weighted by Crippen LogP contribution is 2.34. The van der Waals surface area contributed by atoms with Gasteiger partial charge in [0.05, 0.1) is 6.61 Å². The largest absolute Gasteiger partial charge is 0.476 e. The van der Waals surface area contributed by atoms with Gasteiger partial charge in [-0.25, -0.2) is 9.59 Å². The first-order chi connectivity index (χ1) is 16.3. The topological polar surface area (TPSA) is 71.1 Å². The fourth-order valence-electron chi connectivity index (χ4n) is 3.25. The Morgan fingerprint density at radius 3 is 1.69 bits per heavy atom. The summed E-state index contributed by atoms with van der Waals surface area (Å²) in [5.74, 6) is 0.0734. The zero-order valence-electron chi connectivity index (χ0n) is 21.6. The van der Waals surface area contributed by atoms with Crippen molar-refractivity contribution in [2.75, 3.05) is 13.2 Å². The minimum absolute atomic E-state index is 0.136. The van der Waals surface area contributed by atoms with Crippen molar-refractivity contribution in [1.29, 1.82) is 0 Å². The molecule has 0 bridgehead atoms. The predicted molar refractivity (Wildman–Crippen MR) is 137 cm³/mol. The Balaban J connectivity index is 2.10. The Labute approximate surface area is 208 Å². The molecule has 0 aliphatic heterocycles. The van der Waals surface area contributed by atoms with Gasteiger partial charge in [0.1, 0.15) is 18.1 Å². The van der Waals surface area contributed by atoms with E-state index in [0.29, 0.717) is 11.5 Å². The van der Waals surface area contributed by atoms with Crippen molar-refractivity contribution in [3.8, 4) is 11.5 Å². The maximum atomic E-state index is 12.4. The molecule has 35 heavy (non-hydrogen) atoms. The van der Waals surface area contributed by atoms with Crippen molar-refractivity contribution in [3.05, 3.63) is 85.0 Å². The molecule has 0 fully saturated rings. The molecule has 0 atom stereocenters. The number of hydrogen-bond donors (Lipinski definition) is 0. The number of carbonyl (C=O) groups excluding carboxylic acids is 2. The third-order valence-corrected chi connectivity index (χ3v) is 5.61. The lowest BCUT2D eigenvalue weighted by atomic mass is 9.78. The zero-order valence-corrected chi connectivity index (χ0v) is 21.6. The van der Waals surface area contributed by atoms with E-state index in [1.807, 2.05) is 36.4 Å².